The van der Waals surface area contributed by atoms with Crippen molar-refractivity contribution in [2.45, 2.75) is 23.2 Å². The van der Waals surface area contributed by atoms with Gasteiger partial charge in [-0.3, -0.25) is 0 Å². The van der Waals surface area contributed by atoms with Gasteiger partial charge in [0.25, 0.3) is 0 Å². The zero-order valence-electron chi connectivity index (χ0n) is 4.73. The molecule has 0 heterocycles. The predicted molar refractivity (Wildman–Crippen MR) is 46.5 cm³/mol. The van der Waals surface area contributed by atoms with Gasteiger partial charge in [0, 0.05) is 10.3 Å². The fourth-order valence-electron chi connectivity index (χ4n) is 0.411. The molecule has 1 fully saturated rings. The molecule has 0 unspecified atom stereocenters. The number of hydrogen-bond donors (Lipinski definition) is 1. The highest BCUT2D eigenvalue weighted by Crippen LogP contribution is 2.33. The molecule has 1 saturated carbocycles. The van der Waals surface area contributed by atoms with Crippen molar-refractivity contribution < 1.29 is 0 Å². The molecule has 1 N–H and O–H groups in total. The van der Waals surface area contributed by atoms with E-state index in [9.17, 15) is 0 Å². The third kappa shape index (κ3) is 2.55. The van der Waals surface area contributed by atoms with E-state index in [1.807, 2.05) is 0 Å². The Kier molecular flexibility index (Phi) is 2.66. The zero-order chi connectivity index (χ0) is 5.82. The Balaban J connectivity index is 2.04. The zero-order valence-corrected chi connectivity index (χ0v) is 6.89. The summed E-state index contributed by atoms with van der Waals surface area (Å²) in [7, 11) is 0. The number of nitrogens with one attached hydrogen (secondary N) is 1. The largest absolute Gasteiger partial charge is 0.313 e. The van der Waals surface area contributed by atoms with Crippen LogP contribution in [0.1, 0.15) is 19.3 Å². The fraction of sp³-hybridized carbons (Fsp3) is 0.667. The highest BCUT2D eigenvalue weighted by Gasteiger charge is 2.17. The molecule has 1 aliphatic rings. The Morgan fingerprint density at radius 3 is 2.88 bits per heavy atom. The summed E-state index contributed by atoms with van der Waals surface area (Å²) in [5.74, 6) is 0. The molecule has 0 bridgehead atoms. The van der Waals surface area contributed by atoms with Crippen LogP contribution < -0.4 is 0 Å². The average Bonchev–Trinajstić information content (AvgIpc) is 2.51. The van der Waals surface area contributed by atoms with Crippen LogP contribution in [0.5, 0.6) is 0 Å². The molecule has 0 aliphatic heterocycles. The lowest BCUT2D eigenvalue weighted by atomic mass is 10.6. The average molecular weight is 223 g/mol. The molecule has 8 heavy (non-hydrogen) atoms. The van der Waals surface area contributed by atoms with E-state index in [1.54, 1.807) is 0 Å². The topological polar surface area (TPSA) is 23.9 Å². The normalized spacial score (nSPS) is 20.5. The third-order valence-electron chi connectivity index (χ3n) is 0.981. The molecule has 2 heteroatoms. The Morgan fingerprint density at radius 2 is 2.38 bits per heavy atom. The molecule has 0 aromatic carbocycles. The van der Waals surface area contributed by atoms with Crippen molar-refractivity contribution in [1.29, 1.82) is 5.41 Å². The van der Waals surface area contributed by atoms with Crippen molar-refractivity contribution in [3.05, 3.63) is 0 Å². The van der Waals surface area contributed by atoms with Gasteiger partial charge in [-0.1, -0.05) is 0 Å². The minimum absolute atomic E-state index is 0.394. The maximum atomic E-state index is 6.73. The SMILES string of the molecule is N=CCC=IC1CC1. The van der Waals surface area contributed by atoms with E-state index in [0.717, 1.165) is 10.3 Å². The van der Waals surface area contributed by atoms with Gasteiger partial charge in [0.2, 0.25) is 0 Å². The first kappa shape index (κ1) is 6.39. The molecule has 0 aromatic rings. The van der Waals surface area contributed by atoms with Crippen molar-refractivity contribution in [2.24, 2.45) is 0 Å². The molecule has 0 amide bonds. The van der Waals surface area contributed by atoms with Crippen LogP contribution in [0.4, 0.5) is 0 Å². The molecular formula is C6H10IN. The summed E-state index contributed by atoms with van der Waals surface area (Å²) in [5, 5.41) is 6.73. The minimum atomic E-state index is 0.394. The fourth-order valence-corrected chi connectivity index (χ4v) is 2.76. The lowest BCUT2D eigenvalue weighted by molar-refractivity contribution is 1.50. The molecule has 0 saturated heterocycles. The van der Waals surface area contributed by atoms with Crippen LogP contribution in [-0.2, 0) is 0 Å². The van der Waals surface area contributed by atoms with Gasteiger partial charge in [0.05, 0.1) is 0 Å². The smallest absolute Gasteiger partial charge is 0.00601 e. The maximum absolute atomic E-state index is 6.73. The van der Waals surface area contributed by atoms with Crippen LogP contribution in [-0.4, -0.2) is 14.2 Å². The predicted octanol–water partition coefficient (Wildman–Crippen LogP) is 1.96. The van der Waals surface area contributed by atoms with Crippen molar-refractivity contribution in [2.75, 3.05) is 0 Å². The van der Waals surface area contributed by atoms with E-state index in [1.165, 1.54) is 19.1 Å². The highest BCUT2D eigenvalue weighted by atomic mass is 127. The van der Waals surface area contributed by atoms with Crippen LogP contribution >= 0.6 is 20.7 Å². The Hall–Kier alpha value is 0.270. The van der Waals surface area contributed by atoms with E-state index in [-0.39, 0.29) is 0 Å². The van der Waals surface area contributed by atoms with Gasteiger partial charge in [0.1, 0.15) is 0 Å². The van der Waals surface area contributed by atoms with Gasteiger partial charge < -0.3 is 5.41 Å². The number of hydrogen-bond acceptors (Lipinski definition) is 1. The molecule has 0 radical (unpaired) electrons. The van der Waals surface area contributed by atoms with Gasteiger partial charge in [-0.2, -0.15) is 0 Å². The van der Waals surface area contributed by atoms with Crippen molar-refractivity contribution >= 4 is 31.0 Å². The first-order valence-electron chi connectivity index (χ1n) is 2.86. The Labute approximate surface area is 59.7 Å². The number of halogens is 1. The Bertz CT molecular complexity index is 105. The quantitative estimate of drug-likeness (QED) is 0.429. The van der Waals surface area contributed by atoms with Gasteiger partial charge in [-0.25, -0.2) is 0 Å². The summed E-state index contributed by atoms with van der Waals surface area (Å²) in [6.07, 6.45) is 5.36. The standard InChI is InChI=1S/C6H10IN/c8-5-1-4-7-6-2-3-6/h4-6,8H,1-3H2. The summed E-state index contributed by atoms with van der Waals surface area (Å²) < 4.78 is 3.41. The van der Waals surface area contributed by atoms with Gasteiger partial charge in [0.15, 0.2) is 0 Å². The van der Waals surface area contributed by atoms with Crippen molar-refractivity contribution in [1.82, 2.24) is 0 Å². The van der Waals surface area contributed by atoms with E-state index >= 15 is 0 Å². The minimum Gasteiger partial charge on any atom is -0.313 e. The van der Waals surface area contributed by atoms with E-state index in [0.29, 0.717) is 20.7 Å². The van der Waals surface area contributed by atoms with Gasteiger partial charge in [-0.15, -0.1) is 20.7 Å². The van der Waals surface area contributed by atoms with Crippen LogP contribution in [0.2, 0.25) is 0 Å². The third-order valence-corrected chi connectivity index (χ3v) is 4.26. The summed E-state index contributed by atoms with van der Waals surface area (Å²) in [5.41, 5.74) is 0. The lowest BCUT2D eigenvalue weighted by Crippen LogP contribution is -1.70. The second-order valence-corrected chi connectivity index (χ2v) is 5.26. The molecule has 0 spiro atoms. The second-order valence-electron chi connectivity index (χ2n) is 1.89. The molecular weight excluding hydrogens is 213 g/mol. The molecule has 0 aromatic heterocycles. The number of rotatable bonds is 3. The first-order chi connectivity index (χ1) is 3.93. The molecule has 1 nitrogen and oxygen atoms in total. The number of alkyl halides is 1. The van der Waals surface area contributed by atoms with Crippen LogP contribution in [0.15, 0.2) is 0 Å². The molecule has 1 aliphatic carbocycles. The summed E-state index contributed by atoms with van der Waals surface area (Å²) >= 11 is 0.394. The van der Waals surface area contributed by atoms with Gasteiger partial charge in [-0.05, 0) is 23.1 Å². The summed E-state index contributed by atoms with van der Waals surface area (Å²) in [6.45, 7) is 0. The monoisotopic (exact) mass is 223 g/mol. The maximum Gasteiger partial charge on any atom is 0.00601 e. The molecule has 1 rings (SSSR count). The second kappa shape index (κ2) is 3.33. The van der Waals surface area contributed by atoms with Crippen LogP contribution in [0.3, 0.4) is 0 Å². The van der Waals surface area contributed by atoms with Crippen molar-refractivity contribution in [3.63, 3.8) is 0 Å². The van der Waals surface area contributed by atoms with Crippen LogP contribution in [0.25, 0.3) is 0 Å². The van der Waals surface area contributed by atoms with E-state index < -0.39 is 0 Å². The van der Waals surface area contributed by atoms with Crippen molar-refractivity contribution in [3.8, 4) is 0 Å². The Morgan fingerprint density at radius 1 is 1.62 bits per heavy atom. The van der Waals surface area contributed by atoms with Gasteiger partial charge >= 0.3 is 0 Å². The summed E-state index contributed by atoms with van der Waals surface area (Å²) in [4.78, 5) is 0. The lowest BCUT2D eigenvalue weighted by Gasteiger charge is -1.76. The van der Waals surface area contributed by atoms with E-state index in [4.69, 9.17) is 5.41 Å². The highest BCUT2D eigenvalue weighted by molar-refractivity contribution is 14.2. The molecule has 46 valence electrons. The molecule has 0 atom stereocenters. The van der Waals surface area contributed by atoms with Crippen LogP contribution in [0, 0.1) is 5.41 Å². The summed E-state index contributed by atoms with van der Waals surface area (Å²) in [6, 6.07) is 0. The first-order valence-corrected chi connectivity index (χ1v) is 5.35. The van der Waals surface area contributed by atoms with E-state index in [2.05, 4.69) is 4.01 Å².